The van der Waals surface area contributed by atoms with Crippen LogP contribution in [0.5, 0.6) is 17.2 Å². The number of methoxy groups -OCH3 is 1. The molecule has 4 bridgehead atoms. The fourth-order valence-electron chi connectivity index (χ4n) is 5.83. The summed E-state index contributed by atoms with van der Waals surface area (Å²) in [4.78, 5) is 30.5. The molecule has 2 aromatic carbocycles. The Morgan fingerprint density at radius 2 is 1.95 bits per heavy atom. The Morgan fingerprint density at radius 3 is 2.83 bits per heavy atom. The van der Waals surface area contributed by atoms with Gasteiger partial charge < -0.3 is 29.0 Å². The number of rotatable bonds is 2. The summed E-state index contributed by atoms with van der Waals surface area (Å²) in [6.07, 6.45) is 3.62. The van der Waals surface area contributed by atoms with Crippen molar-refractivity contribution >= 4 is 11.8 Å². The van der Waals surface area contributed by atoms with E-state index in [1.165, 1.54) is 0 Å². The molecule has 0 radical (unpaired) electrons. The zero-order valence-corrected chi connectivity index (χ0v) is 23.5. The maximum absolute atomic E-state index is 13.6. The van der Waals surface area contributed by atoms with E-state index in [9.17, 15) is 9.59 Å². The topological polar surface area (TPSA) is 111 Å². The third kappa shape index (κ3) is 6.06. The number of hydrogen-bond acceptors (Lipinski definition) is 8. The molecule has 1 saturated heterocycles. The number of aromatic nitrogens is 3. The summed E-state index contributed by atoms with van der Waals surface area (Å²) in [5, 5.41) is 11.7. The van der Waals surface area contributed by atoms with Gasteiger partial charge in [0.15, 0.2) is 11.5 Å². The zero-order valence-electron chi connectivity index (χ0n) is 23.5. The fraction of sp³-hybridized carbons (Fsp3) is 0.467. The highest BCUT2D eigenvalue weighted by Crippen LogP contribution is 2.33. The Labute approximate surface area is 239 Å². The fourth-order valence-corrected chi connectivity index (χ4v) is 5.83. The van der Waals surface area contributed by atoms with Crippen LogP contribution in [0, 0.1) is 0 Å². The summed E-state index contributed by atoms with van der Waals surface area (Å²) in [5.41, 5.74) is 1.91. The molecule has 216 valence electrons. The molecule has 41 heavy (non-hydrogen) atoms. The minimum absolute atomic E-state index is 0.129. The number of benzene rings is 2. The predicted molar refractivity (Wildman–Crippen MR) is 150 cm³/mol. The minimum atomic E-state index is -0.384. The Balaban J connectivity index is 1.25. The average Bonchev–Trinajstić information content (AvgIpc) is 3.47. The van der Waals surface area contributed by atoms with E-state index in [0.29, 0.717) is 49.3 Å². The lowest BCUT2D eigenvalue weighted by Gasteiger charge is -2.23. The first kappa shape index (κ1) is 27.2. The first-order valence-electron chi connectivity index (χ1n) is 14.2. The number of likely N-dealkylation sites (tertiary alicyclic amines) is 1. The predicted octanol–water partition coefficient (Wildman–Crippen LogP) is 2.78. The molecule has 1 N–H and O–H groups in total. The average molecular weight is 561 g/mol. The summed E-state index contributed by atoms with van der Waals surface area (Å²) >= 11 is 0. The van der Waals surface area contributed by atoms with Gasteiger partial charge in [0.05, 0.1) is 32.4 Å². The summed E-state index contributed by atoms with van der Waals surface area (Å²) in [6, 6.07) is 13.1. The van der Waals surface area contributed by atoms with Crippen molar-refractivity contribution in [2.24, 2.45) is 0 Å². The zero-order chi connectivity index (χ0) is 28.3. The van der Waals surface area contributed by atoms with E-state index in [1.54, 1.807) is 12.0 Å². The van der Waals surface area contributed by atoms with Gasteiger partial charge in [0.1, 0.15) is 11.6 Å². The Morgan fingerprint density at radius 1 is 1.05 bits per heavy atom. The van der Waals surface area contributed by atoms with Crippen LogP contribution in [0.3, 0.4) is 0 Å². The molecule has 4 heterocycles. The molecule has 3 aromatic rings. The van der Waals surface area contributed by atoms with Crippen LogP contribution in [-0.4, -0.2) is 82.3 Å². The number of ether oxygens (including phenoxy) is 3. The van der Waals surface area contributed by atoms with Gasteiger partial charge in [-0.2, -0.15) is 0 Å². The summed E-state index contributed by atoms with van der Waals surface area (Å²) in [6.45, 7) is 2.47. The van der Waals surface area contributed by atoms with Crippen LogP contribution < -0.4 is 14.8 Å². The van der Waals surface area contributed by atoms with Crippen molar-refractivity contribution in [2.75, 3.05) is 33.8 Å². The lowest BCUT2D eigenvalue weighted by molar-refractivity contribution is -0.123. The van der Waals surface area contributed by atoms with Crippen molar-refractivity contribution in [3.05, 3.63) is 65.2 Å². The van der Waals surface area contributed by atoms with Crippen molar-refractivity contribution in [1.82, 2.24) is 29.9 Å². The number of likely N-dealkylation sites (N-methyl/N-ethyl adjacent to an activating group) is 1. The van der Waals surface area contributed by atoms with Gasteiger partial charge in [0.25, 0.3) is 5.91 Å². The largest absolute Gasteiger partial charge is 0.493 e. The van der Waals surface area contributed by atoms with Crippen LogP contribution in [0.15, 0.2) is 42.5 Å². The normalized spacial score (nSPS) is 21.7. The van der Waals surface area contributed by atoms with Crippen molar-refractivity contribution in [3.63, 3.8) is 0 Å². The first-order chi connectivity index (χ1) is 20.0. The lowest BCUT2D eigenvalue weighted by atomic mass is 10.1. The maximum Gasteiger partial charge on any atom is 0.291 e. The second-order valence-corrected chi connectivity index (χ2v) is 11.0. The number of aryl methyl sites for hydroxylation is 1. The van der Waals surface area contributed by atoms with E-state index in [1.807, 2.05) is 59.0 Å². The molecule has 11 nitrogen and oxygen atoms in total. The smallest absolute Gasteiger partial charge is 0.291 e. The molecule has 0 saturated carbocycles. The van der Waals surface area contributed by atoms with Gasteiger partial charge in [-0.15, -0.1) is 10.2 Å². The van der Waals surface area contributed by atoms with Crippen molar-refractivity contribution in [3.8, 4) is 17.2 Å². The standard InChI is InChI=1S/C30H36N6O5/c1-34-15-20-10-11-24(39-2)25(14-20)41-22-8-6-7-21(13-22)19-40-26-17-35(16-23(26)31-28(37)18-34)30(38)29-33-32-27-9-4-3-5-12-36(27)29/h6-8,10-11,13-14,23,26H,3-5,9,12,15-19H2,1-2H3,(H,31,37)/t23-,26-/m0/s1. The number of hydrogen-bond donors (Lipinski definition) is 1. The monoisotopic (exact) mass is 560 g/mol. The molecule has 0 aliphatic carbocycles. The maximum atomic E-state index is 13.6. The third-order valence-electron chi connectivity index (χ3n) is 7.88. The summed E-state index contributed by atoms with van der Waals surface area (Å²) < 4.78 is 20.1. The first-order valence-corrected chi connectivity index (χ1v) is 14.2. The Hall–Kier alpha value is -3.96. The van der Waals surface area contributed by atoms with Gasteiger partial charge >= 0.3 is 0 Å². The molecular weight excluding hydrogens is 524 g/mol. The van der Waals surface area contributed by atoms with Gasteiger partial charge in [-0.1, -0.05) is 24.6 Å². The highest BCUT2D eigenvalue weighted by molar-refractivity contribution is 5.91. The van der Waals surface area contributed by atoms with Crippen molar-refractivity contribution < 1.29 is 23.8 Å². The minimum Gasteiger partial charge on any atom is -0.493 e. The number of fused-ring (bicyclic) bond motifs is 6. The van der Waals surface area contributed by atoms with Crippen LogP contribution in [-0.2, 0) is 35.6 Å². The van der Waals surface area contributed by atoms with E-state index in [0.717, 1.165) is 49.2 Å². The van der Waals surface area contributed by atoms with E-state index in [4.69, 9.17) is 14.2 Å². The van der Waals surface area contributed by atoms with Crippen LogP contribution in [0.1, 0.15) is 46.8 Å². The SMILES string of the molecule is COc1ccc2cc1Oc1cccc(c1)CO[C@H]1CN(C(=O)c3nnc4n3CCCCC4)C[C@@H]1NC(=O)CN(C)C2. The number of nitrogens with one attached hydrogen (secondary N) is 1. The van der Waals surface area contributed by atoms with E-state index < -0.39 is 0 Å². The Kier molecular flexibility index (Phi) is 7.89. The van der Waals surface area contributed by atoms with Crippen LogP contribution in [0.2, 0.25) is 0 Å². The quantitative estimate of drug-likeness (QED) is 0.510. The summed E-state index contributed by atoms with van der Waals surface area (Å²) in [5.74, 6) is 2.83. The van der Waals surface area contributed by atoms with E-state index in [-0.39, 0.29) is 30.5 Å². The van der Waals surface area contributed by atoms with Gasteiger partial charge in [0.2, 0.25) is 11.7 Å². The highest BCUT2D eigenvalue weighted by atomic mass is 16.5. The van der Waals surface area contributed by atoms with Gasteiger partial charge in [-0.3, -0.25) is 14.5 Å². The molecule has 3 aliphatic heterocycles. The van der Waals surface area contributed by atoms with Crippen LogP contribution in [0.25, 0.3) is 0 Å². The molecule has 2 atom stereocenters. The van der Waals surface area contributed by atoms with E-state index in [2.05, 4.69) is 15.5 Å². The molecule has 0 spiro atoms. The van der Waals surface area contributed by atoms with Crippen LogP contribution >= 0.6 is 0 Å². The number of carbonyl (C=O) groups excluding carboxylic acids is 2. The third-order valence-corrected chi connectivity index (χ3v) is 7.88. The lowest BCUT2D eigenvalue weighted by Crippen LogP contribution is -2.47. The van der Waals surface area contributed by atoms with Gasteiger partial charge in [0, 0.05) is 32.6 Å². The van der Waals surface area contributed by atoms with E-state index >= 15 is 0 Å². The molecule has 2 amide bonds. The van der Waals surface area contributed by atoms with Crippen molar-refractivity contribution in [1.29, 1.82) is 0 Å². The van der Waals surface area contributed by atoms with Crippen LogP contribution in [0.4, 0.5) is 0 Å². The number of amides is 2. The molecule has 1 aromatic heterocycles. The molecule has 11 heteroatoms. The Bertz CT molecular complexity index is 1420. The number of carbonyl (C=O) groups is 2. The molecule has 1 fully saturated rings. The number of nitrogens with zero attached hydrogens (tertiary/aromatic N) is 5. The van der Waals surface area contributed by atoms with Crippen molar-refractivity contribution in [2.45, 2.75) is 57.5 Å². The molecular formula is C30H36N6O5. The van der Waals surface area contributed by atoms with Gasteiger partial charge in [-0.25, -0.2) is 0 Å². The highest BCUT2D eigenvalue weighted by Gasteiger charge is 2.39. The second kappa shape index (κ2) is 11.9. The molecule has 3 aliphatic rings. The van der Waals surface area contributed by atoms with Gasteiger partial charge in [-0.05, 0) is 55.3 Å². The molecule has 0 unspecified atom stereocenters. The second-order valence-electron chi connectivity index (χ2n) is 11.0. The summed E-state index contributed by atoms with van der Waals surface area (Å²) in [7, 11) is 3.51. The molecule has 6 rings (SSSR count).